The van der Waals surface area contributed by atoms with E-state index in [-0.39, 0.29) is 5.97 Å². The summed E-state index contributed by atoms with van der Waals surface area (Å²) in [5.41, 5.74) is 3.74. The van der Waals surface area contributed by atoms with Gasteiger partial charge in [-0.05, 0) is 45.0 Å². The van der Waals surface area contributed by atoms with Crippen molar-refractivity contribution in [2.45, 2.75) is 20.8 Å². The predicted molar refractivity (Wildman–Crippen MR) is 75.5 cm³/mol. The van der Waals surface area contributed by atoms with E-state index in [4.69, 9.17) is 4.74 Å². The van der Waals surface area contributed by atoms with Crippen LogP contribution < -0.4 is 10.2 Å². The zero-order valence-corrected chi connectivity index (χ0v) is 11.4. The van der Waals surface area contributed by atoms with Gasteiger partial charge in [0.05, 0.1) is 12.2 Å². The SMILES string of the molecule is CCOC(=O)c1ccc(N2C=C(C)NC(C)=C2)cc1. The molecule has 4 nitrogen and oxygen atoms in total. The quantitative estimate of drug-likeness (QED) is 0.846. The fourth-order valence-electron chi connectivity index (χ4n) is 1.96. The number of hydrogen-bond acceptors (Lipinski definition) is 4. The van der Waals surface area contributed by atoms with Gasteiger partial charge in [0, 0.05) is 29.5 Å². The standard InChI is InChI=1S/C15H18N2O2/c1-4-19-15(18)13-5-7-14(8-6-13)17-9-11(2)16-12(3)10-17/h5-10,16H,4H2,1-3H3. The molecule has 2 rings (SSSR count). The molecule has 0 saturated heterocycles. The van der Waals surface area contributed by atoms with Crippen molar-refractivity contribution in [2.75, 3.05) is 11.5 Å². The van der Waals surface area contributed by atoms with Crippen LogP contribution in [0.5, 0.6) is 0 Å². The van der Waals surface area contributed by atoms with Gasteiger partial charge in [-0.25, -0.2) is 4.79 Å². The van der Waals surface area contributed by atoms with Crippen LogP contribution in [0.25, 0.3) is 0 Å². The van der Waals surface area contributed by atoms with E-state index in [1.54, 1.807) is 19.1 Å². The molecule has 0 aromatic heterocycles. The minimum Gasteiger partial charge on any atom is -0.462 e. The summed E-state index contributed by atoms with van der Waals surface area (Å²) < 4.78 is 4.96. The first-order chi connectivity index (χ1) is 9.10. The lowest BCUT2D eigenvalue weighted by Gasteiger charge is -2.24. The van der Waals surface area contributed by atoms with Crippen LogP contribution in [0.2, 0.25) is 0 Å². The van der Waals surface area contributed by atoms with Crippen molar-refractivity contribution in [3.05, 3.63) is 53.6 Å². The number of rotatable bonds is 3. The zero-order valence-electron chi connectivity index (χ0n) is 11.4. The molecule has 1 heterocycles. The van der Waals surface area contributed by atoms with E-state index in [2.05, 4.69) is 5.32 Å². The average molecular weight is 258 g/mol. The predicted octanol–water partition coefficient (Wildman–Crippen LogP) is 3.00. The van der Waals surface area contributed by atoms with E-state index in [0.717, 1.165) is 17.1 Å². The van der Waals surface area contributed by atoms with Crippen LogP contribution >= 0.6 is 0 Å². The number of esters is 1. The number of ether oxygens (including phenoxy) is 1. The Morgan fingerprint density at radius 3 is 2.26 bits per heavy atom. The molecule has 0 radical (unpaired) electrons. The number of carbonyl (C=O) groups excluding carboxylic acids is 1. The van der Waals surface area contributed by atoms with Crippen molar-refractivity contribution in [3.63, 3.8) is 0 Å². The highest BCUT2D eigenvalue weighted by molar-refractivity contribution is 5.89. The number of nitrogens with zero attached hydrogens (tertiary/aromatic N) is 1. The smallest absolute Gasteiger partial charge is 0.338 e. The molecule has 0 amide bonds. The zero-order chi connectivity index (χ0) is 13.8. The first-order valence-electron chi connectivity index (χ1n) is 6.29. The molecule has 0 bridgehead atoms. The minimum absolute atomic E-state index is 0.284. The molecule has 1 aliphatic heterocycles. The van der Waals surface area contributed by atoms with Gasteiger partial charge in [0.1, 0.15) is 0 Å². The van der Waals surface area contributed by atoms with Crippen molar-refractivity contribution < 1.29 is 9.53 Å². The van der Waals surface area contributed by atoms with Crippen molar-refractivity contribution in [1.82, 2.24) is 5.32 Å². The summed E-state index contributed by atoms with van der Waals surface area (Å²) in [5.74, 6) is -0.284. The summed E-state index contributed by atoms with van der Waals surface area (Å²) in [6.07, 6.45) is 4.01. The molecule has 19 heavy (non-hydrogen) atoms. The molecule has 1 aromatic carbocycles. The molecular formula is C15H18N2O2. The van der Waals surface area contributed by atoms with Crippen LogP contribution in [0.1, 0.15) is 31.1 Å². The van der Waals surface area contributed by atoms with Gasteiger partial charge in [0.15, 0.2) is 0 Å². The van der Waals surface area contributed by atoms with E-state index in [0.29, 0.717) is 12.2 Å². The van der Waals surface area contributed by atoms with E-state index >= 15 is 0 Å². The van der Waals surface area contributed by atoms with E-state index in [1.165, 1.54) is 0 Å². The van der Waals surface area contributed by atoms with Gasteiger partial charge in [-0.2, -0.15) is 0 Å². The number of carbonyl (C=O) groups is 1. The van der Waals surface area contributed by atoms with Crippen molar-refractivity contribution >= 4 is 11.7 Å². The van der Waals surface area contributed by atoms with E-state index < -0.39 is 0 Å². The molecule has 1 aliphatic rings. The van der Waals surface area contributed by atoms with Crippen LogP contribution in [-0.4, -0.2) is 12.6 Å². The van der Waals surface area contributed by atoms with Gasteiger partial charge in [-0.15, -0.1) is 0 Å². The lowest BCUT2D eigenvalue weighted by molar-refractivity contribution is 0.0526. The molecule has 1 N–H and O–H groups in total. The molecule has 1 aromatic rings. The van der Waals surface area contributed by atoms with Gasteiger partial charge in [0.2, 0.25) is 0 Å². The highest BCUT2D eigenvalue weighted by Crippen LogP contribution is 2.20. The third-order valence-electron chi connectivity index (χ3n) is 2.74. The lowest BCUT2D eigenvalue weighted by atomic mass is 10.2. The fraction of sp³-hybridized carbons (Fsp3) is 0.267. The normalized spacial score (nSPS) is 14.4. The third kappa shape index (κ3) is 3.16. The fourth-order valence-corrected chi connectivity index (χ4v) is 1.96. The molecule has 0 unspecified atom stereocenters. The summed E-state index contributed by atoms with van der Waals surface area (Å²) >= 11 is 0. The number of benzene rings is 1. The monoisotopic (exact) mass is 258 g/mol. The Labute approximate surface area is 113 Å². The number of hydrogen-bond donors (Lipinski definition) is 1. The van der Waals surface area contributed by atoms with Gasteiger partial charge in [0.25, 0.3) is 0 Å². The van der Waals surface area contributed by atoms with Crippen molar-refractivity contribution in [2.24, 2.45) is 0 Å². The Morgan fingerprint density at radius 2 is 1.74 bits per heavy atom. The topological polar surface area (TPSA) is 41.6 Å². The lowest BCUT2D eigenvalue weighted by Crippen LogP contribution is -2.22. The van der Waals surface area contributed by atoms with Crippen LogP contribution in [0.3, 0.4) is 0 Å². The summed E-state index contributed by atoms with van der Waals surface area (Å²) in [6, 6.07) is 7.37. The number of allylic oxidation sites excluding steroid dienone is 2. The van der Waals surface area contributed by atoms with Crippen LogP contribution in [-0.2, 0) is 4.74 Å². The summed E-state index contributed by atoms with van der Waals surface area (Å²) in [5, 5.41) is 3.23. The molecule has 0 aliphatic carbocycles. The van der Waals surface area contributed by atoms with Crippen LogP contribution in [0.4, 0.5) is 5.69 Å². The van der Waals surface area contributed by atoms with Crippen molar-refractivity contribution in [3.8, 4) is 0 Å². The molecule has 4 heteroatoms. The molecular weight excluding hydrogens is 240 g/mol. The Kier molecular flexibility index (Phi) is 3.90. The minimum atomic E-state index is -0.284. The largest absolute Gasteiger partial charge is 0.462 e. The summed E-state index contributed by atoms with van der Waals surface area (Å²) in [6.45, 7) is 6.21. The maximum Gasteiger partial charge on any atom is 0.338 e. The first-order valence-corrected chi connectivity index (χ1v) is 6.29. The van der Waals surface area contributed by atoms with Crippen LogP contribution in [0, 0.1) is 0 Å². The van der Waals surface area contributed by atoms with Gasteiger partial charge < -0.3 is 15.0 Å². The van der Waals surface area contributed by atoms with E-state index in [9.17, 15) is 4.79 Å². The average Bonchev–Trinajstić information content (AvgIpc) is 2.38. The van der Waals surface area contributed by atoms with E-state index in [1.807, 2.05) is 43.3 Å². The molecule has 0 spiro atoms. The van der Waals surface area contributed by atoms with Crippen LogP contribution in [0.15, 0.2) is 48.1 Å². The Morgan fingerprint density at radius 1 is 1.16 bits per heavy atom. The molecule has 0 saturated carbocycles. The summed E-state index contributed by atoms with van der Waals surface area (Å²) in [7, 11) is 0. The molecule has 0 fully saturated rings. The van der Waals surface area contributed by atoms with Gasteiger partial charge >= 0.3 is 5.97 Å². The Balaban J connectivity index is 2.19. The van der Waals surface area contributed by atoms with Gasteiger partial charge in [-0.1, -0.05) is 0 Å². The second kappa shape index (κ2) is 5.61. The highest BCUT2D eigenvalue weighted by Gasteiger charge is 2.10. The summed E-state index contributed by atoms with van der Waals surface area (Å²) in [4.78, 5) is 13.6. The maximum absolute atomic E-state index is 11.6. The highest BCUT2D eigenvalue weighted by atomic mass is 16.5. The number of anilines is 1. The van der Waals surface area contributed by atoms with Crippen molar-refractivity contribution in [1.29, 1.82) is 0 Å². The van der Waals surface area contributed by atoms with Gasteiger partial charge in [-0.3, -0.25) is 0 Å². The molecule has 0 atom stereocenters. The Hall–Kier alpha value is -2.23. The maximum atomic E-state index is 11.6. The second-order valence-electron chi connectivity index (χ2n) is 4.42. The second-order valence-corrected chi connectivity index (χ2v) is 4.42. The number of nitrogens with one attached hydrogen (secondary N) is 1. The Bertz CT molecular complexity index is 512. The first kappa shape index (κ1) is 13.2. The molecule has 100 valence electrons. The third-order valence-corrected chi connectivity index (χ3v) is 2.74.